The van der Waals surface area contributed by atoms with Gasteiger partial charge in [-0.05, 0) is 40.2 Å². The molecule has 1 atom stereocenters. The maximum atomic E-state index is 11.6. The predicted molar refractivity (Wildman–Crippen MR) is 61.8 cm³/mol. The van der Waals surface area contributed by atoms with E-state index in [2.05, 4.69) is 10.6 Å². The zero-order valence-corrected chi connectivity index (χ0v) is 10.5. The number of rotatable bonds is 2. The first-order valence-electron chi connectivity index (χ1n) is 5.70. The van der Waals surface area contributed by atoms with Crippen molar-refractivity contribution in [2.24, 2.45) is 0 Å². The monoisotopic (exact) mass is 244 g/mol. The highest BCUT2D eigenvalue weighted by molar-refractivity contribution is 5.84. The number of carboxylic acids is 1. The van der Waals surface area contributed by atoms with Crippen LogP contribution in [-0.4, -0.2) is 41.4 Å². The topological polar surface area (TPSA) is 87.7 Å². The minimum Gasteiger partial charge on any atom is -0.479 e. The zero-order valence-electron chi connectivity index (χ0n) is 10.5. The van der Waals surface area contributed by atoms with E-state index in [1.54, 1.807) is 20.8 Å². The van der Waals surface area contributed by atoms with Crippen LogP contribution >= 0.6 is 0 Å². The lowest BCUT2D eigenvalue weighted by atomic mass is 9.90. The molecule has 0 saturated carbocycles. The molecule has 0 aliphatic carbocycles. The van der Waals surface area contributed by atoms with E-state index in [1.807, 2.05) is 0 Å². The van der Waals surface area contributed by atoms with E-state index in [4.69, 9.17) is 4.74 Å². The van der Waals surface area contributed by atoms with Crippen molar-refractivity contribution in [3.63, 3.8) is 0 Å². The Morgan fingerprint density at radius 2 is 2.06 bits per heavy atom. The molecule has 0 spiro atoms. The number of hydrogen-bond donors (Lipinski definition) is 3. The molecule has 1 unspecified atom stereocenters. The SMILES string of the molecule is CC(C)(C)OC(=O)NC1(C(=O)O)CCCNC1. The number of nitrogens with one attached hydrogen (secondary N) is 2. The lowest BCUT2D eigenvalue weighted by Crippen LogP contribution is -2.63. The quantitative estimate of drug-likeness (QED) is 0.666. The highest BCUT2D eigenvalue weighted by Crippen LogP contribution is 2.18. The molecule has 1 saturated heterocycles. The van der Waals surface area contributed by atoms with Crippen LogP contribution in [0.5, 0.6) is 0 Å². The van der Waals surface area contributed by atoms with Crippen LogP contribution in [0.1, 0.15) is 33.6 Å². The Balaban J connectivity index is 2.67. The summed E-state index contributed by atoms with van der Waals surface area (Å²) in [4.78, 5) is 22.9. The molecule has 0 bridgehead atoms. The second-order valence-electron chi connectivity index (χ2n) is 5.29. The summed E-state index contributed by atoms with van der Waals surface area (Å²) in [6.07, 6.45) is 0.431. The Kier molecular flexibility index (Phi) is 3.98. The molecule has 1 aliphatic heterocycles. The minimum atomic E-state index is -1.25. The van der Waals surface area contributed by atoms with Crippen molar-refractivity contribution in [1.82, 2.24) is 10.6 Å². The Labute approximate surface area is 101 Å². The van der Waals surface area contributed by atoms with Gasteiger partial charge >= 0.3 is 12.1 Å². The molecular weight excluding hydrogens is 224 g/mol. The number of carbonyl (C=O) groups excluding carboxylic acids is 1. The number of piperidine rings is 1. The van der Waals surface area contributed by atoms with E-state index in [1.165, 1.54) is 0 Å². The fourth-order valence-corrected chi connectivity index (χ4v) is 1.75. The van der Waals surface area contributed by atoms with Crippen molar-refractivity contribution < 1.29 is 19.4 Å². The summed E-state index contributed by atoms with van der Waals surface area (Å²) in [6, 6.07) is 0. The van der Waals surface area contributed by atoms with E-state index >= 15 is 0 Å². The summed E-state index contributed by atoms with van der Waals surface area (Å²) in [5, 5.41) is 14.7. The van der Waals surface area contributed by atoms with Crippen LogP contribution in [0, 0.1) is 0 Å². The average molecular weight is 244 g/mol. The highest BCUT2D eigenvalue weighted by atomic mass is 16.6. The molecule has 1 amide bonds. The van der Waals surface area contributed by atoms with Gasteiger partial charge in [-0.3, -0.25) is 0 Å². The Morgan fingerprint density at radius 1 is 1.41 bits per heavy atom. The van der Waals surface area contributed by atoms with Gasteiger partial charge in [-0.15, -0.1) is 0 Å². The molecule has 6 heteroatoms. The van der Waals surface area contributed by atoms with E-state index < -0.39 is 23.2 Å². The van der Waals surface area contributed by atoms with E-state index in [-0.39, 0.29) is 6.54 Å². The van der Waals surface area contributed by atoms with Gasteiger partial charge < -0.3 is 20.5 Å². The maximum absolute atomic E-state index is 11.6. The molecule has 98 valence electrons. The van der Waals surface area contributed by atoms with Crippen molar-refractivity contribution in [3.05, 3.63) is 0 Å². The molecule has 1 aliphatic rings. The molecular formula is C11H20N2O4. The number of carboxylic acid groups (broad SMARTS) is 1. The largest absolute Gasteiger partial charge is 0.479 e. The lowest BCUT2D eigenvalue weighted by Gasteiger charge is -2.34. The van der Waals surface area contributed by atoms with Crippen LogP contribution in [0.25, 0.3) is 0 Å². The Morgan fingerprint density at radius 3 is 2.47 bits per heavy atom. The fraction of sp³-hybridized carbons (Fsp3) is 0.818. The third-order valence-electron chi connectivity index (χ3n) is 2.53. The lowest BCUT2D eigenvalue weighted by molar-refractivity contribution is -0.145. The molecule has 1 fully saturated rings. The van der Waals surface area contributed by atoms with Crippen LogP contribution in [0.3, 0.4) is 0 Å². The molecule has 6 nitrogen and oxygen atoms in total. The van der Waals surface area contributed by atoms with Gasteiger partial charge in [-0.1, -0.05) is 0 Å². The number of amides is 1. The Bertz CT molecular complexity index is 303. The molecule has 0 radical (unpaired) electrons. The number of ether oxygens (including phenoxy) is 1. The van der Waals surface area contributed by atoms with Crippen molar-refractivity contribution >= 4 is 12.1 Å². The first-order chi connectivity index (χ1) is 7.75. The van der Waals surface area contributed by atoms with Crippen molar-refractivity contribution in [1.29, 1.82) is 0 Å². The van der Waals surface area contributed by atoms with Crippen LogP contribution < -0.4 is 10.6 Å². The predicted octanol–water partition coefficient (Wildman–Crippen LogP) is 0.718. The van der Waals surface area contributed by atoms with Gasteiger partial charge in [0, 0.05) is 6.54 Å². The van der Waals surface area contributed by atoms with Crippen LogP contribution in [-0.2, 0) is 9.53 Å². The number of hydrogen-bond acceptors (Lipinski definition) is 4. The van der Waals surface area contributed by atoms with Gasteiger partial charge in [0.15, 0.2) is 5.54 Å². The summed E-state index contributed by atoms with van der Waals surface area (Å²) in [5.41, 5.74) is -1.88. The molecule has 1 heterocycles. The van der Waals surface area contributed by atoms with Gasteiger partial charge in [0.05, 0.1) is 0 Å². The standard InChI is InChI=1S/C11H20N2O4/c1-10(2,3)17-9(16)13-11(8(14)15)5-4-6-12-7-11/h12H,4-7H2,1-3H3,(H,13,16)(H,14,15). The molecule has 1 rings (SSSR count). The number of aliphatic carboxylic acids is 1. The molecule has 17 heavy (non-hydrogen) atoms. The Hall–Kier alpha value is -1.30. The smallest absolute Gasteiger partial charge is 0.408 e. The summed E-state index contributed by atoms with van der Waals surface area (Å²) >= 11 is 0. The summed E-state index contributed by atoms with van der Waals surface area (Å²) in [7, 11) is 0. The molecule has 0 aromatic rings. The third kappa shape index (κ3) is 3.89. The van der Waals surface area contributed by atoms with E-state index in [9.17, 15) is 14.7 Å². The van der Waals surface area contributed by atoms with Gasteiger partial charge in [0.1, 0.15) is 5.60 Å². The highest BCUT2D eigenvalue weighted by Gasteiger charge is 2.42. The molecule has 0 aromatic heterocycles. The van der Waals surface area contributed by atoms with Crippen molar-refractivity contribution in [3.8, 4) is 0 Å². The van der Waals surface area contributed by atoms with E-state index in [0.717, 1.165) is 6.54 Å². The van der Waals surface area contributed by atoms with E-state index in [0.29, 0.717) is 12.8 Å². The molecule has 0 aromatic carbocycles. The molecule has 3 N–H and O–H groups in total. The van der Waals surface area contributed by atoms with Gasteiger partial charge in [0.25, 0.3) is 0 Å². The first kappa shape index (κ1) is 13.8. The van der Waals surface area contributed by atoms with Gasteiger partial charge in [0.2, 0.25) is 0 Å². The van der Waals surface area contributed by atoms with Crippen LogP contribution in [0.4, 0.5) is 4.79 Å². The number of carbonyl (C=O) groups is 2. The summed E-state index contributed by atoms with van der Waals surface area (Å²) < 4.78 is 5.07. The second kappa shape index (κ2) is 4.91. The summed E-state index contributed by atoms with van der Waals surface area (Å²) in [5.74, 6) is -1.03. The fourth-order valence-electron chi connectivity index (χ4n) is 1.75. The minimum absolute atomic E-state index is 0.224. The third-order valence-corrected chi connectivity index (χ3v) is 2.53. The summed E-state index contributed by atoms with van der Waals surface area (Å²) in [6.45, 7) is 6.20. The maximum Gasteiger partial charge on any atom is 0.408 e. The van der Waals surface area contributed by atoms with Gasteiger partial charge in [-0.25, -0.2) is 9.59 Å². The zero-order chi connectivity index (χ0) is 13.1. The van der Waals surface area contributed by atoms with Crippen molar-refractivity contribution in [2.75, 3.05) is 13.1 Å². The van der Waals surface area contributed by atoms with Crippen LogP contribution in [0.15, 0.2) is 0 Å². The van der Waals surface area contributed by atoms with Crippen LogP contribution in [0.2, 0.25) is 0 Å². The van der Waals surface area contributed by atoms with Crippen molar-refractivity contribution in [2.45, 2.75) is 44.8 Å². The average Bonchev–Trinajstić information content (AvgIpc) is 2.15. The first-order valence-corrected chi connectivity index (χ1v) is 5.70. The number of alkyl carbamates (subject to hydrolysis) is 1. The second-order valence-corrected chi connectivity index (χ2v) is 5.29. The normalized spacial score (nSPS) is 25.1. The van der Waals surface area contributed by atoms with Gasteiger partial charge in [-0.2, -0.15) is 0 Å².